The summed E-state index contributed by atoms with van der Waals surface area (Å²) in [5, 5.41) is 0.752. The smallest absolute Gasteiger partial charge is 0.338 e. The highest BCUT2D eigenvalue weighted by molar-refractivity contribution is 7.90. The Morgan fingerprint density at radius 2 is 1.84 bits per heavy atom. The van der Waals surface area contributed by atoms with Crippen LogP contribution in [0.5, 0.6) is 0 Å². The zero-order valence-electron chi connectivity index (χ0n) is 13.4. The number of carbonyl (C=O) groups excluding carboxylic acids is 2. The first-order valence-electron chi connectivity index (χ1n) is 7.43. The highest BCUT2D eigenvalue weighted by atomic mass is 32.2. The summed E-state index contributed by atoms with van der Waals surface area (Å²) < 4.78 is 28.1. The van der Waals surface area contributed by atoms with Gasteiger partial charge >= 0.3 is 5.97 Å². The fraction of sp³-hybridized carbons (Fsp3) is 0.111. The molecule has 0 bridgehead atoms. The van der Waals surface area contributed by atoms with Crippen LogP contribution >= 0.6 is 0 Å². The van der Waals surface area contributed by atoms with Crippen molar-refractivity contribution in [2.75, 3.05) is 12.9 Å². The van der Waals surface area contributed by atoms with Gasteiger partial charge in [0.15, 0.2) is 16.4 Å². The fourth-order valence-corrected chi connectivity index (χ4v) is 3.11. The fourth-order valence-electron chi connectivity index (χ4n) is 2.45. The van der Waals surface area contributed by atoms with Crippen molar-refractivity contribution in [3.05, 3.63) is 65.9 Å². The Morgan fingerprint density at radius 3 is 2.60 bits per heavy atom. The van der Waals surface area contributed by atoms with Crippen molar-refractivity contribution in [3.63, 3.8) is 0 Å². The van der Waals surface area contributed by atoms with Gasteiger partial charge in [-0.05, 0) is 24.3 Å². The molecular weight excluding hydrogens is 342 g/mol. The van der Waals surface area contributed by atoms with Crippen molar-refractivity contribution in [2.24, 2.45) is 0 Å². The number of nitrogens with one attached hydrogen (secondary N) is 1. The molecule has 6 nitrogen and oxygen atoms in total. The van der Waals surface area contributed by atoms with Gasteiger partial charge in [0.1, 0.15) is 0 Å². The minimum absolute atomic E-state index is 0.0184. The van der Waals surface area contributed by atoms with Crippen molar-refractivity contribution >= 4 is 32.5 Å². The van der Waals surface area contributed by atoms with Crippen LogP contribution in [0.2, 0.25) is 0 Å². The SMILES string of the molecule is CS(=O)(=O)c1cccc(C(=O)OCC(=O)c2c[nH]c3ccccc23)c1. The zero-order chi connectivity index (χ0) is 18.0. The molecule has 0 saturated carbocycles. The molecule has 3 aromatic rings. The van der Waals surface area contributed by atoms with Gasteiger partial charge in [0.25, 0.3) is 0 Å². The number of aromatic nitrogens is 1. The summed E-state index contributed by atoms with van der Waals surface area (Å²) in [5.41, 5.74) is 1.33. The molecule has 1 N–H and O–H groups in total. The van der Waals surface area contributed by atoms with Gasteiger partial charge in [-0.1, -0.05) is 24.3 Å². The molecule has 7 heteroatoms. The number of hydrogen-bond donors (Lipinski definition) is 1. The number of para-hydroxylation sites is 1. The molecular formula is C18H15NO5S. The van der Waals surface area contributed by atoms with Gasteiger partial charge in [-0.15, -0.1) is 0 Å². The topological polar surface area (TPSA) is 93.3 Å². The first-order valence-corrected chi connectivity index (χ1v) is 9.32. The Hall–Kier alpha value is -2.93. The van der Waals surface area contributed by atoms with Crippen LogP contribution in [0, 0.1) is 0 Å². The average Bonchev–Trinajstić information content (AvgIpc) is 3.03. The van der Waals surface area contributed by atoms with Crippen molar-refractivity contribution in [1.82, 2.24) is 4.98 Å². The van der Waals surface area contributed by atoms with E-state index in [0.717, 1.165) is 17.2 Å². The van der Waals surface area contributed by atoms with E-state index in [1.54, 1.807) is 12.3 Å². The number of aromatic amines is 1. The van der Waals surface area contributed by atoms with Gasteiger partial charge < -0.3 is 9.72 Å². The number of Topliss-reactive ketones (excluding diaryl/α,β-unsaturated/α-hetero) is 1. The van der Waals surface area contributed by atoms with Crippen molar-refractivity contribution in [2.45, 2.75) is 4.90 Å². The highest BCUT2D eigenvalue weighted by Crippen LogP contribution is 2.18. The van der Waals surface area contributed by atoms with Crippen LogP contribution in [0.3, 0.4) is 0 Å². The van der Waals surface area contributed by atoms with Gasteiger partial charge in [0.05, 0.1) is 10.5 Å². The second-order valence-electron chi connectivity index (χ2n) is 5.55. The third-order valence-corrected chi connectivity index (χ3v) is 4.83. The molecule has 2 aromatic carbocycles. The Balaban J connectivity index is 1.73. The minimum atomic E-state index is -3.43. The lowest BCUT2D eigenvalue weighted by atomic mass is 10.1. The number of esters is 1. The molecule has 0 radical (unpaired) electrons. The van der Waals surface area contributed by atoms with E-state index in [1.807, 2.05) is 18.2 Å². The largest absolute Gasteiger partial charge is 0.454 e. The number of fused-ring (bicyclic) bond motifs is 1. The van der Waals surface area contributed by atoms with Gasteiger partial charge in [-0.25, -0.2) is 13.2 Å². The second-order valence-corrected chi connectivity index (χ2v) is 7.56. The van der Waals surface area contributed by atoms with Gasteiger partial charge in [0, 0.05) is 28.9 Å². The van der Waals surface area contributed by atoms with Crippen LogP contribution in [-0.2, 0) is 14.6 Å². The molecule has 0 fully saturated rings. The monoisotopic (exact) mass is 357 g/mol. The van der Waals surface area contributed by atoms with Crippen molar-refractivity contribution < 1.29 is 22.7 Å². The summed E-state index contributed by atoms with van der Waals surface area (Å²) in [6.07, 6.45) is 2.63. The van der Waals surface area contributed by atoms with Gasteiger partial charge in [-0.2, -0.15) is 0 Å². The summed E-state index contributed by atoms with van der Waals surface area (Å²) >= 11 is 0. The van der Waals surface area contributed by atoms with Crippen LogP contribution in [0.15, 0.2) is 59.6 Å². The van der Waals surface area contributed by atoms with E-state index >= 15 is 0 Å². The molecule has 0 saturated heterocycles. The molecule has 3 rings (SSSR count). The van der Waals surface area contributed by atoms with Gasteiger partial charge in [0.2, 0.25) is 5.78 Å². The normalized spacial score (nSPS) is 11.4. The average molecular weight is 357 g/mol. The summed E-state index contributed by atoms with van der Waals surface area (Å²) in [7, 11) is -3.43. The number of H-pyrrole nitrogens is 1. The Labute approximate surface area is 144 Å². The van der Waals surface area contributed by atoms with E-state index in [1.165, 1.54) is 24.3 Å². The molecule has 0 amide bonds. The third kappa shape index (κ3) is 3.61. The quantitative estimate of drug-likeness (QED) is 0.560. The van der Waals surface area contributed by atoms with E-state index in [0.29, 0.717) is 5.56 Å². The summed E-state index contributed by atoms with van der Waals surface area (Å²) in [6, 6.07) is 12.8. The molecule has 25 heavy (non-hydrogen) atoms. The Kier molecular flexibility index (Phi) is 4.41. The van der Waals surface area contributed by atoms with Crippen LogP contribution < -0.4 is 0 Å². The highest BCUT2D eigenvalue weighted by Gasteiger charge is 2.16. The van der Waals surface area contributed by atoms with E-state index in [2.05, 4.69) is 4.98 Å². The molecule has 0 aliphatic rings. The number of hydrogen-bond acceptors (Lipinski definition) is 5. The van der Waals surface area contributed by atoms with E-state index < -0.39 is 22.4 Å². The summed E-state index contributed by atoms with van der Waals surface area (Å²) in [4.78, 5) is 27.4. The van der Waals surface area contributed by atoms with Crippen LogP contribution in [-0.4, -0.2) is 38.0 Å². The predicted octanol–water partition coefficient (Wildman–Crippen LogP) is 2.61. The molecule has 0 aliphatic heterocycles. The molecule has 0 atom stereocenters. The van der Waals surface area contributed by atoms with Crippen LogP contribution in [0.25, 0.3) is 10.9 Å². The second kappa shape index (κ2) is 6.52. The Morgan fingerprint density at radius 1 is 1.08 bits per heavy atom. The zero-order valence-corrected chi connectivity index (χ0v) is 14.2. The first-order chi connectivity index (χ1) is 11.9. The maximum absolute atomic E-state index is 12.3. The summed E-state index contributed by atoms with van der Waals surface area (Å²) in [6.45, 7) is -0.427. The van der Waals surface area contributed by atoms with Crippen molar-refractivity contribution in [3.8, 4) is 0 Å². The van der Waals surface area contributed by atoms with E-state index in [-0.39, 0.29) is 16.2 Å². The Bertz CT molecular complexity index is 1070. The van der Waals surface area contributed by atoms with E-state index in [9.17, 15) is 18.0 Å². The molecule has 0 spiro atoms. The summed E-state index contributed by atoms with van der Waals surface area (Å²) in [5.74, 6) is -1.09. The lowest BCUT2D eigenvalue weighted by Crippen LogP contribution is -2.14. The maximum atomic E-state index is 12.3. The van der Waals surface area contributed by atoms with Crippen LogP contribution in [0.4, 0.5) is 0 Å². The van der Waals surface area contributed by atoms with E-state index in [4.69, 9.17) is 4.74 Å². The number of sulfone groups is 1. The molecule has 1 aromatic heterocycles. The standard InChI is InChI=1S/C18H15NO5S/c1-25(22,23)13-6-4-5-12(9-13)18(21)24-11-17(20)15-10-19-16-8-3-2-7-14(15)16/h2-10,19H,11H2,1H3. The molecule has 0 aliphatic carbocycles. The first kappa shape index (κ1) is 16.9. The third-order valence-electron chi connectivity index (χ3n) is 3.72. The predicted molar refractivity (Wildman–Crippen MR) is 92.5 cm³/mol. The number of ether oxygens (including phenoxy) is 1. The molecule has 1 heterocycles. The molecule has 128 valence electrons. The number of benzene rings is 2. The van der Waals surface area contributed by atoms with Crippen LogP contribution in [0.1, 0.15) is 20.7 Å². The molecule has 0 unspecified atom stereocenters. The lowest BCUT2D eigenvalue weighted by molar-refractivity contribution is 0.0475. The van der Waals surface area contributed by atoms with Gasteiger partial charge in [-0.3, -0.25) is 4.79 Å². The van der Waals surface area contributed by atoms with Crippen molar-refractivity contribution in [1.29, 1.82) is 0 Å². The minimum Gasteiger partial charge on any atom is -0.454 e. The lowest BCUT2D eigenvalue weighted by Gasteiger charge is -2.05. The number of carbonyl (C=O) groups is 2. The maximum Gasteiger partial charge on any atom is 0.338 e. The number of ketones is 1. The number of rotatable bonds is 5.